The van der Waals surface area contributed by atoms with Crippen LogP contribution in [0.5, 0.6) is 0 Å². The van der Waals surface area contributed by atoms with Crippen molar-refractivity contribution < 1.29 is 9.59 Å². The maximum Gasteiger partial charge on any atom is 0.228 e. The molecule has 2 amide bonds. The van der Waals surface area contributed by atoms with Crippen molar-refractivity contribution in [3.63, 3.8) is 0 Å². The second kappa shape index (κ2) is 5.95. The van der Waals surface area contributed by atoms with E-state index in [0.717, 1.165) is 31.6 Å². The molecule has 1 aromatic heterocycles. The van der Waals surface area contributed by atoms with Crippen molar-refractivity contribution in [1.82, 2.24) is 9.88 Å². The Morgan fingerprint density at radius 3 is 2.78 bits per heavy atom. The van der Waals surface area contributed by atoms with Crippen LogP contribution in [0, 0.1) is 0 Å². The predicted octanol–water partition coefficient (Wildman–Crippen LogP) is 1.66. The van der Waals surface area contributed by atoms with Crippen LogP contribution in [0.1, 0.15) is 31.9 Å². The van der Waals surface area contributed by atoms with Crippen LogP contribution in [0.2, 0.25) is 0 Å². The Morgan fingerprint density at radius 1 is 1.39 bits per heavy atom. The van der Waals surface area contributed by atoms with Crippen molar-refractivity contribution in [2.24, 2.45) is 0 Å². The van der Waals surface area contributed by atoms with Gasteiger partial charge >= 0.3 is 0 Å². The third kappa shape index (κ3) is 3.53. The molecule has 0 bridgehead atoms. The smallest absolute Gasteiger partial charge is 0.228 e. The van der Waals surface area contributed by atoms with Gasteiger partial charge in [0.25, 0.3) is 0 Å². The topological polar surface area (TPSA) is 62.3 Å². The van der Waals surface area contributed by atoms with Crippen LogP contribution < -0.4 is 5.32 Å². The van der Waals surface area contributed by atoms with Gasteiger partial charge in [-0.2, -0.15) is 0 Å². The molecule has 2 heterocycles. The van der Waals surface area contributed by atoms with Crippen molar-refractivity contribution in [1.29, 1.82) is 0 Å². The molecule has 0 unspecified atom stereocenters. The molecule has 18 heavy (non-hydrogen) atoms. The first-order valence-electron chi connectivity index (χ1n) is 6.15. The molecule has 1 N–H and O–H groups in total. The third-order valence-corrected chi connectivity index (χ3v) is 3.68. The molecule has 0 aromatic carbocycles. The Kier molecular flexibility index (Phi) is 4.30. The number of aromatic nitrogens is 1. The Bertz CT molecular complexity index is 438. The van der Waals surface area contributed by atoms with E-state index in [2.05, 4.69) is 10.3 Å². The standard InChI is InChI=1S/C12H17N3O2S/c1-9(16)13-12-14-10(8-18-12)7-11(17)15-5-3-2-4-6-15/h8H,2-7H2,1H3,(H,13,14,16). The summed E-state index contributed by atoms with van der Waals surface area (Å²) >= 11 is 1.35. The summed E-state index contributed by atoms with van der Waals surface area (Å²) in [6.45, 7) is 3.17. The van der Waals surface area contributed by atoms with E-state index in [4.69, 9.17) is 0 Å². The zero-order valence-corrected chi connectivity index (χ0v) is 11.3. The van der Waals surface area contributed by atoms with Crippen LogP contribution in [-0.4, -0.2) is 34.8 Å². The summed E-state index contributed by atoms with van der Waals surface area (Å²) in [6.07, 6.45) is 3.74. The molecule has 6 heteroatoms. The number of hydrogen-bond acceptors (Lipinski definition) is 4. The lowest BCUT2D eigenvalue weighted by Gasteiger charge is -2.26. The van der Waals surface area contributed by atoms with E-state index in [-0.39, 0.29) is 11.8 Å². The summed E-state index contributed by atoms with van der Waals surface area (Å²) in [6, 6.07) is 0. The Hall–Kier alpha value is -1.43. The number of rotatable bonds is 3. The summed E-state index contributed by atoms with van der Waals surface area (Å²) < 4.78 is 0. The number of thiazole rings is 1. The molecule has 1 aromatic rings. The number of amides is 2. The Labute approximate surface area is 110 Å². The quantitative estimate of drug-likeness (QED) is 0.906. The lowest BCUT2D eigenvalue weighted by Crippen LogP contribution is -2.36. The van der Waals surface area contributed by atoms with Crippen molar-refractivity contribution >= 4 is 28.3 Å². The fraction of sp³-hybridized carbons (Fsp3) is 0.583. The summed E-state index contributed by atoms with van der Waals surface area (Å²) in [7, 11) is 0. The zero-order chi connectivity index (χ0) is 13.0. The number of carbonyl (C=O) groups is 2. The number of nitrogens with zero attached hydrogens (tertiary/aromatic N) is 2. The fourth-order valence-corrected chi connectivity index (χ4v) is 2.76. The van der Waals surface area contributed by atoms with Crippen LogP contribution in [0.15, 0.2) is 5.38 Å². The van der Waals surface area contributed by atoms with E-state index in [1.807, 2.05) is 10.3 Å². The first-order valence-corrected chi connectivity index (χ1v) is 7.03. The number of nitrogens with one attached hydrogen (secondary N) is 1. The van der Waals surface area contributed by atoms with E-state index >= 15 is 0 Å². The van der Waals surface area contributed by atoms with E-state index in [0.29, 0.717) is 11.6 Å². The SMILES string of the molecule is CC(=O)Nc1nc(CC(=O)N2CCCCC2)cs1. The highest BCUT2D eigenvalue weighted by atomic mass is 32.1. The molecular weight excluding hydrogens is 250 g/mol. The molecule has 1 aliphatic rings. The average molecular weight is 267 g/mol. The van der Waals surface area contributed by atoms with Crippen LogP contribution in [0.3, 0.4) is 0 Å². The van der Waals surface area contributed by atoms with Gasteiger partial charge in [-0.3, -0.25) is 9.59 Å². The minimum Gasteiger partial charge on any atom is -0.342 e. The lowest BCUT2D eigenvalue weighted by atomic mass is 10.1. The lowest BCUT2D eigenvalue weighted by molar-refractivity contribution is -0.131. The number of anilines is 1. The summed E-state index contributed by atoms with van der Waals surface area (Å²) in [4.78, 5) is 29.0. The Balaban J connectivity index is 1.90. The van der Waals surface area contributed by atoms with Gasteiger partial charge in [0.1, 0.15) is 0 Å². The molecule has 2 rings (SSSR count). The molecular formula is C12H17N3O2S. The molecule has 0 saturated carbocycles. The van der Waals surface area contributed by atoms with E-state index in [9.17, 15) is 9.59 Å². The minimum atomic E-state index is -0.141. The van der Waals surface area contributed by atoms with E-state index in [1.165, 1.54) is 24.7 Å². The van der Waals surface area contributed by atoms with Gasteiger partial charge in [0.15, 0.2) is 5.13 Å². The van der Waals surface area contributed by atoms with Crippen LogP contribution in [-0.2, 0) is 16.0 Å². The second-order valence-corrected chi connectivity index (χ2v) is 5.30. The van der Waals surface area contributed by atoms with Crippen molar-refractivity contribution in [2.45, 2.75) is 32.6 Å². The number of hydrogen-bond donors (Lipinski definition) is 1. The molecule has 1 saturated heterocycles. The number of likely N-dealkylation sites (tertiary alicyclic amines) is 1. The number of carbonyl (C=O) groups excluding carboxylic acids is 2. The van der Waals surface area contributed by atoms with Gasteiger partial charge < -0.3 is 10.2 Å². The zero-order valence-electron chi connectivity index (χ0n) is 10.4. The van der Waals surface area contributed by atoms with Gasteiger partial charge in [0, 0.05) is 25.4 Å². The average Bonchev–Trinajstić information content (AvgIpc) is 2.76. The highest BCUT2D eigenvalue weighted by Crippen LogP contribution is 2.17. The van der Waals surface area contributed by atoms with Gasteiger partial charge in [-0.1, -0.05) is 0 Å². The van der Waals surface area contributed by atoms with Crippen molar-refractivity contribution in [3.8, 4) is 0 Å². The van der Waals surface area contributed by atoms with Crippen LogP contribution in [0.4, 0.5) is 5.13 Å². The highest BCUT2D eigenvalue weighted by molar-refractivity contribution is 7.13. The normalized spacial score (nSPS) is 15.5. The van der Waals surface area contributed by atoms with E-state index < -0.39 is 0 Å². The Morgan fingerprint density at radius 2 is 2.11 bits per heavy atom. The minimum absolute atomic E-state index is 0.134. The molecule has 0 atom stereocenters. The molecule has 0 spiro atoms. The van der Waals surface area contributed by atoms with Gasteiger partial charge in [0.2, 0.25) is 11.8 Å². The second-order valence-electron chi connectivity index (χ2n) is 4.44. The van der Waals surface area contributed by atoms with Gasteiger partial charge in [0.05, 0.1) is 12.1 Å². The molecule has 98 valence electrons. The first kappa shape index (κ1) is 13.0. The van der Waals surface area contributed by atoms with Crippen LogP contribution >= 0.6 is 11.3 Å². The van der Waals surface area contributed by atoms with Crippen molar-refractivity contribution in [2.75, 3.05) is 18.4 Å². The largest absolute Gasteiger partial charge is 0.342 e. The summed E-state index contributed by atoms with van der Waals surface area (Å²) in [5, 5.41) is 5.01. The molecule has 0 radical (unpaired) electrons. The fourth-order valence-electron chi connectivity index (χ4n) is 2.01. The molecule has 1 fully saturated rings. The molecule has 5 nitrogen and oxygen atoms in total. The molecule has 0 aliphatic carbocycles. The first-order chi connectivity index (χ1) is 8.65. The van der Waals surface area contributed by atoms with Gasteiger partial charge in [-0.05, 0) is 19.3 Å². The summed E-state index contributed by atoms with van der Waals surface area (Å²) in [5.41, 5.74) is 0.735. The van der Waals surface area contributed by atoms with Crippen LogP contribution in [0.25, 0.3) is 0 Å². The predicted molar refractivity (Wildman–Crippen MR) is 70.6 cm³/mol. The summed E-state index contributed by atoms with van der Waals surface area (Å²) in [5.74, 6) is -0.00682. The van der Waals surface area contributed by atoms with Crippen molar-refractivity contribution in [3.05, 3.63) is 11.1 Å². The van der Waals surface area contributed by atoms with Gasteiger partial charge in [-0.15, -0.1) is 11.3 Å². The van der Waals surface area contributed by atoms with E-state index in [1.54, 1.807) is 0 Å². The molecule has 1 aliphatic heterocycles. The highest BCUT2D eigenvalue weighted by Gasteiger charge is 2.17. The maximum absolute atomic E-state index is 12.0. The monoisotopic (exact) mass is 267 g/mol. The van der Waals surface area contributed by atoms with Gasteiger partial charge in [-0.25, -0.2) is 4.98 Å². The number of piperidine rings is 1. The third-order valence-electron chi connectivity index (χ3n) is 2.88. The maximum atomic E-state index is 12.0.